The summed E-state index contributed by atoms with van der Waals surface area (Å²) in [6.07, 6.45) is 1.74. The molecule has 0 spiro atoms. The van der Waals surface area contributed by atoms with E-state index in [-0.39, 0.29) is 10.9 Å². The summed E-state index contributed by atoms with van der Waals surface area (Å²) in [5.41, 5.74) is 0.431. The molecule has 1 aromatic rings. The van der Waals surface area contributed by atoms with Crippen LogP contribution in [0.1, 0.15) is 31.2 Å². The molecule has 0 unspecified atom stereocenters. The Morgan fingerprint density at radius 1 is 1.35 bits per heavy atom. The van der Waals surface area contributed by atoms with Gasteiger partial charge in [-0.2, -0.15) is 4.31 Å². The minimum absolute atomic E-state index is 0.0523. The Balaban J connectivity index is 2.18. The number of aryl methyl sites for hydroxylation is 2. The third kappa shape index (κ3) is 2.75. The van der Waals surface area contributed by atoms with Crippen LogP contribution >= 0.6 is 0 Å². The highest BCUT2D eigenvalue weighted by atomic mass is 32.2. The first kappa shape index (κ1) is 15.5. The van der Waals surface area contributed by atoms with Crippen LogP contribution < -0.4 is 0 Å². The fraction of sp³-hybridized carbons (Fsp3) is 0.769. The lowest BCUT2D eigenvalue weighted by Gasteiger charge is -2.35. The molecule has 7 heteroatoms. The summed E-state index contributed by atoms with van der Waals surface area (Å²) in [6, 6.07) is 0.0523. The van der Waals surface area contributed by atoms with Crippen molar-refractivity contribution in [2.24, 2.45) is 0 Å². The van der Waals surface area contributed by atoms with Gasteiger partial charge < -0.3 is 9.42 Å². The van der Waals surface area contributed by atoms with Crippen LogP contribution in [0.3, 0.4) is 0 Å². The zero-order chi connectivity index (χ0) is 14.9. The van der Waals surface area contributed by atoms with Gasteiger partial charge in [-0.05, 0) is 46.3 Å². The highest BCUT2D eigenvalue weighted by molar-refractivity contribution is 7.89. The highest BCUT2D eigenvalue weighted by Crippen LogP contribution is 2.26. The van der Waals surface area contributed by atoms with Crippen molar-refractivity contribution in [3.05, 3.63) is 11.5 Å². The van der Waals surface area contributed by atoms with Crippen molar-refractivity contribution in [3.63, 3.8) is 0 Å². The summed E-state index contributed by atoms with van der Waals surface area (Å²) < 4.78 is 31.9. The zero-order valence-electron chi connectivity index (χ0n) is 12.6. The topological polar surface area (TPSA) is 66.7 Å². The average Bonchev–Trinajstić information content (AvgIpc) is 2.78. The monoisotopic (exact) mass is 301 g/mol. The van der Waals surface area contributed by atoms with E-state index in [1.165, 1.54) is 4.31 Å². The maximum atomic E-state index is 12.7. The van der Waals surface area contributed by atoms with Crippen molar-refractivity contribution in [2.75, 3.05) is 26.7 Å². The molecule has 2 rings (SSSR count). The fourth-order valence-corrected chi connectivity index (χ4v) is 4.48. The summed E-state index contributed by atoms with van der Waals surface area (Å²) in [5.74, 6) is 0.361. The average molecular weight is 301 g/mol. The summed E-state index contributed by atoms with van der Waals surface area (Å²) in [5, 5.41) is 3.75. The van der Waals surface area contributed by atoms with E-state index in [0.717, 1.165) is 32.5 Å². The van der Waals surface area contributed by atoms with Crippen molar-refractivity contribution in [2.45, 2.75) is 44.6 Å². The number of sulfonamides is 1. The van der Waals surface area contributed by atoms with Crippen LogP contribution in [0.25, 0.3) is 0 Å². The van der Waals surface area contributed by atoms with Crippen LogP contribution in [-0.2, 0) is 10.0 Å². The van der Waals surface area contributed by atoms with E-state index in [4.69, 9.17) is 4.52 Å². The number of nitrogens with zero attached hydrogens (tertiary/aromatic N) is 3. The van der Waals surface area contributed by atoms with Gasteiger partial charge in [0, 0.05) is 13.1 Å². The Morgan fingerprint density at radius 2 is 1.95 bits per heavy atom. The van der Waals surface area contributed by atoms with E-state index < -0.39 is 10.0 Å². The van der Waals surface area contributed by atoms with Gasteiger partial charge in [0.1, 0.15) is 10.6 Å². The standard InChI is InChI=1S/C13H23N3O3S/c1-5-16-8-6-12(7-9-16)15(4)20(17,18)13-10(2)14-19-11(13)3/h12H,5-9H2,1-4H3. The van der Waals surface area contributed by atoms with E-state index >= 15 is 0 Å². The van der Waals surface area contributed by atoms with Gasteiger partial charge in [0.2, 0.25) is 10.0 Å². The molecule has 1 aromatic heterocycles. The molecular weight excluding hydrogens is 278 g/mol. The number of rotatable bonds is 4. The summed E-state index contributed by atoms with van der Waals surface area (Å²) in [4.78, 5) is 2.56. The molecule has 20 heavy (non-hydrogen) atoms. The highest BCUT2D eigenvalue weighted by Gasteiger charge is 2.34. The van der Waals surface area contributed by atoms with Crippen molar-refractivity contribution in [1.82, 2.24) is 14.4 Å². The van der Waals surface area contributed by atoms with Crippen molar-refractivity contribution >= 4 is 10.0 Å². The van der Waals surface area contributed by atoms with Gasteiger partial charge in [0.15, 0.2) is 5.76 Å². The summed E-state index contributed by atoms with van der Waals surface area (Å²) in [6.45, 7) is 8.35. The van der Waals surface area contributed by atoms with E-state index in [2.05, 4.69) is 17.0 Å². The molecular formula is C13H23N3O3S. The molecule has 0 N–H and O–H groups in total. The second-order valence-electron chi connectivity index (χ2n) is 5.34. The van der Waals surface area contributed by atoms with Crippen LogP contribution in [0.5, 0.6) is 0 Å². The Bertz CT molecular complexity index is 540. The minimum atomic E-state index is -3.52. The molecule has 1 aliphatic heterocycles. The normalized spacial score (nSPS) is 18.9. The minimum Gasteiger partial charge on any atom is -0.360 e. The molecule has 1 saturated heterocycles. The molecule has 0 bridgehead atoms. The quantitative estimate of drug-likeness (QED) is 0.841. The Labute approximate surface area is 120 Å². The van der Waals surface area contributed by atoms with Gasteiger partial charge in [-0.15, -0.1) is 0 Å². The van der Waals surface area contributed by atoms with Gasteiger partial charge in [-0.1, -0.05) is 12.1 Å². The third-order valence-electron chi connectivity index (χ3n) is 4.12. The Morgan fingerprint density at radius 3 is 2.40 bits per heavy atom. The summed E-state index contributed by atoms with van der Waals surface area (Å²) >= 11 is 0. The number of likely N-dealkylation sites (tertiary alicyclic amines) is 1. The number of hydrogen-bond donors (Lipinski definition) is 0. The first-order chi connectivity index (χ1) is 9.37. The van der Waals surface area contributed by atoms with Gasteiger partial charge in [-0.25, -0.2) is 8.42 Å². The first-order valence-corrected chi connectivity index (χ1v) is 8.45. The van der Waals surface area contributed by atoms with E-state index in [1.807, 2.05) is 0 Å². The molecule has 0 amide bonds. The van der Waals surface area contributed by atoms with Gasteiger partial charge in [0.05, 0.1) is 0 Å². The molecule has 0 radical (unpaired) electrons. The number of piperidine rings is 1. The molecule has 1 fully saturated rings. The molecule has 0 aliphatic carbocycles. The van der Waals surface area contributed by atoms with Crippen LogP contribution in [0, 0.1) is 13.8 Å². The van der Waals surface area contributed by atoms with E-state index in [0.29, 0.717) is 11.5 Å². The predicted molar refractivity (Wildman–Crippen MR) is 76.1 cm³/mol. The lowest BCUT2D eigenvalue weighted by Crippen LogP contribution is -2.45. The first-order valence-electron chi connectivity index (χ1n) is 7.01. The largest absolute Gasteiger partial charge is 0.360 e. The second kappa shape index (κ2) is 5.83. The lowest BCUT2D eigenvalue weighted by atomic mass is 10.1. The van der Waals surface area contributed by atoms with Gasteiger partial charge in [-0.3, -0.25) is 0 Å². The SMILES string of the molecule is CCN1CCC(N(C)S(=O)(=O)c2c(C)noc2C)CC1. The second-order valence-corrected chi connectivity index (χ2v) is 7.27. The molecule has 0 aromatic carbocycles. The lowest BCUT2D eigenvalue weighted by molar-refractivity contribution is 0.176. The Hall–Kier alpha value is -0.920. The van der Waals surface area contributed by atoms with Crippen molar-refractivity contribution < 1.29 is 12.9 Å². The van der Waals surface area contributed by atoms with E-state index in [9.17, 15) is 8.42 Å². The molecule has 0 saturated carbocycles. The van der Waals surface area contributed by atoms with Gasteiger partial charge in [0.25, 0.3) is 0 Å². The third-order valence-corrected chi connectivity index (χ3v) is 6.28. The smallest absolute Gasteiger partial charge is 0.248 e. The van der Waals surface area contributed by atoms with Crippen LogP contribution in [0.2, 0.25) is 0 Å². The van der Waals surface area contributed by atoms with Crippen molar-refractivity contribution in [1.29, 1.82) is 0 Å². The van der Waals surface area contributed by atoms with Gasteiger partial charge >= 0.3 is 0 Å². The number of aromatic nitrogens is 1. The summed E-state index contributed by atoms with van der Waals surface area (Å²) in [7, 11) is -1.86. The molecule has 0 atom stereocenters. The maximum Gasteiger partial charge on any atom is 0.248 e. The van der Waals surface area contributed by atoms with Crippen LogP contribution in [-0.4, -0.2) is 55.5 Å². The van der Waals surface area contributed by atoms with Crippen molar-refractivity contribution in [3.8, 4) is 0 Å². The molecule has 1 aliphatic rings. The Kier molecular flexibility index (Phi) is 4.51. The molecule has 2 heterocycles. The van der Waals surface area contributed by atoms with E-state index in [1.54, 1.807) is 20.9 Å². The molecule has 6 nitrogen and oxygen atoms in total. The number of hydrogen-bond acceptors (Lipinski definition) is 5. The maximum absolute atomic E-state index is 12.7. The molecule has 114 valence electrons. The van der Waals surface area contributed by atoms with Crippen LogP contribution in [0.4, 0.5) is 0 Å². The zero-order valence-corrected chi connectivity index (χ0v) is 13.4. The predicted octanol–water partition coefficient (Wildman–Crippen LogP) is 1.40. The fourth-order valence-electron chi connectivity index (χ4n) is 2.78. The van der Waals surface area contributed by atoms with Crippen LogP contribution in [0.15, 0.2) is 9.42 Å².